The third kappa shape index (κ3) is 5.83. The monoisotopic (exact) mass is 517 g/mol. The first-order chi connectivity index (χ1) is 17.8. The van der Waals surface area contributed by atoms with E-state index >= 15 is 0 Å². The van der Waals surface area contributed by atoms with Gasteiger partial charge in [-0.05, 0) is 85.1 Å². The molecule has 9 heteroatoms. The first-order valence-electron chi connectivity index (χ1n) is 11.7. The van der Waals surface area contributed by atoms with Crippen LogP contribution in [0.15, 0.2) is 70.6 Å². The average Bonchev–Trinajstić information content (AvgIpc) is 3.19. The molecule has 190 valence electrons. The standard InChI is InChI=1S/C28H27N3O5S/c1-5-30-27(32)25(37-28(30)29-26-18(2)7-6-8-19(26)3)16-21-11-14-23(24(15-21)35-4)36-17-20-9-12-22(13-10-20)31(33)34/h6-16H,5,17H2,1-4H3/b25-16+,29-28?. The lowest BCUT2D eigenvalue weighted by atomic mass is 10.1. The number of thioether (sulfide) groups is 1. The zero-order valence-electron chi connectivity index (χ0n) is 21.1. The summed E-state index contributed by atoms with van der Waals surface area (Å²) in [5.41, 5.74) is 4.61. The first-order valence-corrected chi connectivity index (χ1v) is 12.5. The molecule has 0 atom stereocenters. The van der Waals surface area contributed by atoms with Crippen molar-refractivity contribution in [1.29, 1.82) is 0 Å². The Hall–Kier alpha value is -4.11. The lowest BCUT2D eigenvalue weighted by molar-refractivity contribution is -0.384. The number of aliphatic imine (C=N–C) groups is 1. The van der Waals surface area contributed by atoms with E-state index in [9.17, 15) is 14.9 Å². The zero-order valence-corrected chi connectivity index (χ0v) is 21.9. The van der Waals surface area contributed by atoms with Crippen LogP contribution in [0.4, 0.5) is 11.4 Å². The summed E-state index contributed by atoms with van der Waals surface area (Å²) in [7, 11) is 1.55. The van der Waals surface area contributed by atoms with Crippen LogP contribution in [0.25, 0.3) is 6.08 Å². The number of para-hydroxylation sites is 1. The Morgan fingerprint density at radius 2 is 1.76 bits per heavy atom. The van der Waals surface area contributed by atoms with Crippen molar-refractivity contribution < 1.29 is 19.2 Å². The molecule has 37 heavy (non-hydrogen) atoms. The highest BCUT2D eigenvalue weighted by molar-refractivity contribution is 8.18. The van der Waals surface area contributed by atoms with E-state index in [0.29, 0.717) is 28.1 Å². The molecule has 8 nitrogen and oxygen atoms in total. The predicted octanol–water partition coefficient (Wildman–Crippen LogP) is 6.42. The lowest BCUT2D eigenvalue weighted by Crippen LogP contribution is -2.28. The SMILES string of the molecule is CCN1C(=O)/C(=C\c2ccc(OCc3ccc([N+](=O)[O-])cc3)c(OC)c2)SC1=Nc1c(C)cccc1C. The number of amides is 1. The molecule has 1 saturated heterocycles. The summed E-state index contributed by atoms with van der Waals surface area (Å²) >= 11 is 1.35. The van der Waals surface area contributed by atoms with Gasteiger partial charge in [-0.1, -0.05) is 24.3 Å². The average molecular weight is 518 g/mol. The van der Waals surface area contributed by atoms with Crippen LogP contribution in [0, 0.1) is 24.0 Å². The Kier molecular flexibility index (Phi) is 7.93. The number of ether oxygens (including phenoxy) is 2. The number of hydrogen-bond donors (Lipinski definition) is 0. The number of non-ortho nitro benzene ring substituents is 1. The quantitative estimate of drug-likeness (QED) is 0.194. The summed E-state index contributed by atoms with van der Waals surface area (Å²) in [5.74, 6) is 0.958. The largest absolute Gasteiger partial charge is 0.493 e. The molecule has 1 heterocycles. The van der Waals surface area contributed by atoms with Gasteiger partial charge in [0.15, 0.2) is 16.7 Å². The van der Waals surface area contributed by atoms with E-state index in [0.717, 1.165) is 27.9 Å². The summed E-state index contributed by atoms with van der Waals surface area (Å²) in [5, 5.41) is 11.5. The number of benzene rings is 3. The molecule has 0 bridgehead atoms. The van der Waals surface area contributed by atoms with Gasteiger partial charge in [0.05, 0.1) is 22.6 Å². The van der Waals surface area contributed by atoms with Crippen LogP contribution < -0.4 is 9.47 Å². The van der Waals surface area contributed by atoms with Crippen LogP contribution in [0.1, 0.15) is 29.2 Å². The van der Waals surface area contributed by atoms with Crippen LogP contribution in [-0.2, 0) is 11.4 Å². The van der Waals surface area contributed by atoms with Gasteiger partial charge in [0.2, 0.25) is 0 Å². The summed E-state index contributed by atoms with van der Waals surface area (Å²) in [6.07, 6.45) is 1.82. The van der Waals surface area contributed by atoms with E-state index in [4.69, 9.17) is 14.5 Å². The van der Waals surface area contributed by atoms with E-state index in [1.54, 1.807) is 30.2 Å². The van der Waals surface area contributed by atoms with E-state index in [1.807, 2.05) is 57.2 Å². The maximum Gasteiger partial charge on any atom is 0.269 e. The van der Waals surface area contributed by atoms with E-state index in [2.05, 4.69) is 0 Å². The molecule has 4 rings (SSSR count). The number of rotatable bonds is 8. The molecule has 0 spiro atoms. The minimum absolute atomic E-state index is 0.0296. The van der Waals surface area contributed by atoms with E-state index in [1.165, 1.54) is 23.9 Å². The number of nitrogens with zero attached hydrogens (tertiary/aromatic N) is 3. The smallest absolute Gasteiger partial charge is 0.269 e. The van der Waals surface area contributed by atoms with Crippen molar-refractivity contribution in [2.75, 3.05) is 13.7 Å². The number of hydrogen-bond acceptors (Lipinski definition) is 7. The molecule has 1 amide bonds. The first kappa shape index (κ1) is 26.0. The summed E-state index contributed by atoms with van der Waals surface area (Å²) < 4.78 is 11.4. The third-order valence-electron chi connectivity index (χ3n) is 5.88. The van der Waals surface area contributed by atoms with Gasteiger partial charge < -0.3 is 9.47 Å². The van der Waals surface area contributed by atoms with Crippen molar-refractivity contribution in [3.8, 4) is 11.5 Å². The van der Waals surface area contributed by atoms with Gasteiger partial charge in [-0.25, -0.2) is 4.99 Å². The minimum Gasteiger partial charge on any atom is -0.493 e. The topological polar surface area (TPSA) is 94.3 Å². The maximum atomic E-state index is 13.1. The second-order valence-electron chi connectivity index (χ2n) is 8.42. The molecule has 3 aromatic carbocycles. The summed E-state index contributed by atoms with van der Waals surface area (Å²) in [4.78, 5) is 30.6. The molecule has 0 aliphatic carbocycles. The number of carbonyl (C=O) groups excluding carboxylic acids is 1. The lowest BCUT2D eigenvalue weighted by Gasteiger charge is -2.13. The number of aryl methyl sites for hydroxylation is 2. The van der Waals surface area contributed by atoms with Crippen LogP contribution in [0.2, 0.25) is 0 Å². The Labute approximate surface area is 219 Å². The van der Waals surface area contributed by atoms with Crippen molar-refractivity contribution in [2.45, 2.75) is 27.4 Å². The maximum absolute atomic E-state index is 13.1. The zero-order chi connectivity index (χ0) is 26.5. The number of carbonyl (C=O) groups is 1. The van der Waals surface area contributed by atoms with Crippen LogP contribution >= 0.6 is 11.8 Å². The van der Waals surface area contributed by atoms with Gasteiger partial charge in [0.1, 0.15) is 6.61 Å². The van der Waals surface area contributed by atoms with Crippen molar-refractivity contribution in [3.63, 3.8) is 0 Å². The van der Waals surface area contributed by atoms with Gasteiger partial charge in [0, 0.05) is 18.7 Å². The molecule has 0 unspecified atom stereocenters. The molecule has 1 aliphatic heterocycles. The van der Waals surface area contributed by atoms with Gasteiger partial charge in [-0.3, -0.25) is 19.8 Å². The minimum atomic E-state index is -0.438. The molecule has 0 saturated carbocycles. The third-order valence-corrected chi connectivity index (χ3v) is 6.88. The number of nitro groups is 1. The molecule has 1 aliphatic rings. The summed E-state index contributed by atoms with van der Waals surface area (Å²) in [6, 6.07) is 17.7. The highest BCUT2D eigenvalue weighted by atomic mass is 32.2. The highest BCUT2D eigenvalue weighted by Gasteiger charge is 2.32. The van der Waals surface area contributed by atoms with Gasteiger partial charge in [0.25, 0.3) is 11.6 Å². The van der Waals surface area contributed by atoms with Crippen molar-refractivity contribution in [3.05, 3.63) is 97.9 Å². The predicted molar refractivity (Wildman–Crippen MR) is 146 cm³/mol. The number of nitro benzene ring substituents is 1. The van der Waals surface area contributed by atoms with Gasteiger partial charge >= 0.3 is 0 Å². The van der Waals surface area contributed by atoms with Crippen LogP contribution in [-0.4, -0.2) is 34.6 Å². The second kappa shape index (κ2) is 11.3. The Balaban J connectivity index is 1.54. The van der Waals surface area contributed by atoms with E-state index in [-0.39, 0.29) is 18.2 Å². The fraction of sp³-hybridized carbons (Fsp3) is 0.214. The Morgan fingerprint density at radius 1 is 1.05 bits per heavy atom. The number of methoxy groups -OCH3 is 1. The molecular formula is C28H27N3O5S. The van der Waals surface area contributed by atoms with Crippen molar-refractivity contribution in [2.24, 2.45) is 4.99 Å². The summed E-state index contributed by atoms with van der Waals surface area (Å²) in [6.45, 7) is 6.71. The Morgan fingerprint density at radius 3 is 2.38 bits per heavy atom. The van der Waals surface area contributed by atoms with Crippen molar-refractivity contribution >= 4 is 40.3 Å². The number of amidine groups is 1. The molecular weight excluding hydrogens is 490 g/mol. The second-order valence-corrected chi connectivity index (χ2v) is 9.43. The molecule has 0 aromatic heterocycles. The molecule has 1 fully saturated rings. The van der Waals surface area contributed by atoms with Gasteiger partial charge in [-0.15, -0.1) is 0 Å². The van der Waals surface area contributed by atoms with Crippen LogP contribution in [0.5, 0.6) is 11.5 Å². The molecule has 0 radical (unpaired) electrons. The molecule has 0 N–H and O–H groups in total. The van der Waals surface area contributed by atoms with E-state index < -0.39 is 4.92 Å². The van der Waals surface area contributed by atoms with Crippen molar-refractivity contribution in [1.82, 2.24) is 4.90 Å². The normalized spacial score (nSPS) is 15.5. The fourth-order valence-electron chi connectivity index (χ4n) is 3.87. The number of likely N-dealkylation sites (N-methyl/N-ethyl adjacent to an activating group) is 1. The highest BCUT2D eigenvalue weighted by Crippen LogP contribution is 2.37. The fourth-order valence-corrected chi connectivity index (χ4v) is 4.92. The van der Waals surface area contributed by atoms with Gasteiger partial charge in [-0.2, -0.15) is 0 Å². The molecule has 3 aromatic rings. The van der Waals surface area contributed by atoms with Crippen LogP contribution in [0.3, 0.4) is 0 Å². The Bertz CT molecular complexity index is 1380.